The second kappa shape index (κ2) is 7.69. The van der Waals surface area contributed by atoms with Gasteiger partial charge >= 0.3 is 0 Å². The van der Waals surface area contributed by atoms with Gasteiger partial charge in [-0.3, -0.25) is 0 Å². The Balaban J connectivity index is 1.38. The molecule has 5 nitrogen and oxygen atoms in total. The summed E-state index contributed by atoms with van der Waals surface area (Å²) in [7, 11) is 0. The van der Waals surface area contributed by atoms with Gasteiger partial charge in [-0.15, -0.1) is 0 Å². The molecule has 6 heteroatoms. The summed E-state index contributed by atoms with van der Waals surface area (Å²) in [6.45, 7) is 0. The monoisotopic (exact) mass is 397 g/mol. The molecule has 5 rings (SSSR count). The first kappa shape index (κ1) is 18.5. The lowest BCUT2D eigenvalue weighted by molar-refractivity contribution is -0.806. The van der Waals surface area contributed by atoms with Gasteiger partial charge < -0.3 is 25.9 Å². The second-order valence-corrected chi connectivity index (χ2v) is 9.42. The fraction of sp³-hybridized carbons (Fsp3) is 0.455. The van der Waals surface area contributed by atoms with E-state index in [0.29, 0.717) is 0 Å². The van der Waals surface area contributed by atoms with Crippen LogP contribution >= 0.6 is 11.8 Å². The van der Waals surface area contributed by atoms with E-state index in [0.717, 1.165) is 58.2 Å². The molecule has 2 atom stereocenters. The first-order valence-electron chi connectivity index (χ1n) is 10.5. The van der Waals surface area contributed by atoms with Gasteiger partial charge in [-0.05, 0) is 37.8 Å². The van der Waals surface area contributed by atoms with Crippen molar-refractivity contribution in [2.45, 2.75) is 73.2 Å². The van der Waals surface area contributed by atoms with Crippen molar-refractivity contribution in [3.8, 4) is 0 Å². The summed E-state index contributed by atoms with van der Waals surface area (Å²) >= 11 is 1.66. The average molecular weight is 398 g/mol. The third-order valence-corrected chi connectivity index (χ3v) is 7.59. The lowest BCUT2D eigenvalue weighted by Crippen LogP contribution is -3.06. The Kier molecular flexibility index (Phi) is 5.07. The van der Waals surface area contributed by atoms with Crippen LogP contribution in [0.2, 0.25) is 0 Å². The van der Waals surface area contributed by atoms with Crippen molar-refractivity contribution in [2.75, 3.05) is 5.32 Å². The zero-order valence-electron chi connectivity index (χ0n) is 16.0. The molecular weight excluding hydrogens is 370 g/mol. The van der Waals surface area contributed by atoms with Crippen LogP contribution in [0.25, 0.3) is 0 Å². The van der Waals surface area contributed by atoms with E-state index in [2.05, 4.69) is 5.32 Å². The largest absolute Gasteiger partial charge is 0.629 e. The van der Waals surface area contributed by atoms with Crippen molar-refractivity contribution in [3.63, 3.8) is 0 Å². The van der Waals surface area contributed by atoms with Gasteiger partial charge in [0.15, 0.2) is 0 Å². The molecular formula is C22H27N3O2S. The predicted octanol–water partition coefficient (Wildman–Crippen LogP) is 3.81. The highest BCUT2D eigenvalue weighted by Crippen LogP contribution is 2.45. The normalized spacial score (nSPS) is 21.8. The number of anilines is 2. The molecule has 148 valence electrons. The Morgan fingerprint density at radius 2 is 1.14 bits per heavy atom. The van der Waals surface area contributed by atoms with Gasteiger partial charge in [0.05, 0.1) is 23.5 Å². The molecule has 2 aliphatic carbocycles. The number of hydroxylamine groups is 2. The second-order valence-electron chi connectivity index (χ2n) is 8.34. The van der Waals surface area contributed by atoms with E-state index >= 15 is 0 Å². The van der Waals surface area contributed by atoms with E-state index in [-0.39, 0.29) is 22.2 Å². The zero-order valence-corrected chi connectivity index (χ0v) is 16.8. The number of benzene rings is 2. The molecule has 1 aliphatic heterocycles. The third kappa shape index (κ3) is 3.44. The van der Waals surface area contributed by atoms with Crippen molar-refractivity contribution in [1.82, 2.24) is 0 Å². The predicted molar refractivity (Wildman–Crippen MR) is 113 cm³/mol. The maximum atomic E-state index is 12.8. The minimum absolute atomic E-state index is 0.197. The van der Waals surface area contributed by atoms with E-state index in [9.17, 15) is 10.4 Å². The fourth-order valence-electron chi connectivity index (χ4n) is 4.84. The molecule has 0 amide bonds. The summed E-state index contributed by atoms with van der Waals surface area (Å²) in [6.07, 6.45) is 8.78. The molecule has 0 spiro atoms. The third-order valence-electron chi connectivity index (χ3n) is 6.47. The highest BCUT2D eigenvalue weighted by Gasteiger charge is 2.26. The van der Waals surface area contributed by atoms with Crippen LogP contribution in [0.3, 0.4) is 0 Å². The summed E-state index contributed by atoms with van der Waals surface area (Å²) in [6, 6.07) is 12.4. The molecule has 0 radical (unpaired) electrons. The van der Waals surface area contributed by atoms with Crippen LogP contribution in [0.5, 0.6) is 0 Å². The summed E-state index contributed by atoms with van der Waals surface area (Å²) in [4.78, 5) is 2.14. The number of rotatable bonds is 4. The molecule has 2 fully saturated rings. The molecule has 3 aliphatic rings. The van der Waals surface area contributed by atoms with Crippen LogP contribution < -0.4 is 15.4 Å². The molecule has 2 aromatic carbocycles. The number of nitrogens with one attached hydrogen (secondary N) is 3. The van der Waals surface area contributed by atoms with Gasteiger partial charge in [0.25, 0.3) is 0 Å². The van der Waals surface area contributed by atoms with Crippen LogP contribution in [0, 0.1) is 10.4 Å². The van der Waals surface area contributed by atoms with Crippen molar-refractivity contribution in [3.05, 3.63) is 46.8 Å². The Labute approximate surface area is 170 Å². The van der Waals surface area contributed by atoms with Crippen molar-refractivity contribution in [2.24, 2.45) is 0 Å². The first-order chi connectivity index (χ1) is 13.7. The van der Waals surface area contributed by atoms with Gasteiger partial charge in [0, 0.05) is 59.7 Å². The van der Waals surface area contributed by atoms with Crippen LogP contribution in [-0.2, 0) is 0 Å². The van der Waals surface area contributed by atoms with E-state index in [1.54, 1.807) is 11.8 Å². The van der Waals surface area contributed by atoms with Gasteiger partial charge in [-0.25, -0.2) is 0 Å². The molecule has 0 saturated heterocycles. The van der Waals surface area contributed by atoms with Crippen molar-refractivity contribution >= 4 is 34.5 Å². The maximum absolute atomic E-state index is 12.8. The van der Waals surface area contributed by atoms with Crippen LogP contribution in [0.15, 0.2) is 46.2 Å². The number of hydrogen-bond donors (Lipinski definition) is 3. The molecule has 3 N–H and O–H groups in total. The van der Waals surface area contributed by atoms with E-state index in [4.69, 9.17) is 0 Å². The topological polar surface area (TPSA) is 67.0 Å². The standard InChI is InChI=1S/C22H27N3O2S/c26-24(15-5-1-2-6-15)17-9-11-19-21(13-17)28-22-14-18(10-12-20(22)23-19)25(27)16-7-3-4-8-16/h9-16,23-25H,1-8H2. The van der Waals surface area contributed by atoms with Crippen molar-refractivity contribution < 1.29 is 10.1 Å². The molecule has 2 saturated carbocycles. The molecule has 1 heterocycles. The average Bonchev–Trinajstić information content (AvgIpc) is 3.44. The molecule has 2 unspecified atom stereocenters. The molecule has 0 bridgehead atoms. The summed E-state index contributed by atoms with van der Waals surface area (Å²) in [5, 5.41) is 29.6. The first-order valence-corrected chi connectivity index (χ1v) is 11.3. The molecule has 0 aromatic heterocycles. The smallest absolute Gasteiger partial charge is 0.132 e. The highest BCUT2D eigenvalue weighted by molar-refractivity contribution is 7.99. The Hall–Kier alpha value is -1.57. The van der Waals surface area contributed by atoms with Crippen molar-refractivity contribution in [1.29, 1.82) is 0 Å². The van der Waals surface area contributed by atoms with Gasteiger partial charge in [0.2, 0.25) is 0 Å². The summed E-state index contributed by atoms with van der Waals surface area (Å²) in [5.41, 5.74) is 3.72. The van der Waals surface area contributed by atoms with Crippen LogP contribution in [0.1, 0.15) is 51.4 Å². The number of quaternary nitrogens is 2. The van der Waals surface area contributed by atoms with Gasteiger partial charge in [-0.1, -0.05) is 11.8 Å². The number of hydrogen-bond acceptors (Lipinski definition) is 4. The van der Waals surface area contributed by atoms with Crippen LogP contribution in [0.4, 0.5) is 22.7 Å². The van der Waals surface area contributed by atoms with E-state index in [1.807, 2.05) is 36.4 Å². The summed E-state index contributed by atoms with van der Waals surface area (Å²) < 4.78 is 0. The molecule has 28 heavy (non-hydrogen) atoms. The lowest BCUT2D eigenvalue weighted by Gasteiger charge is -2.31. The minimum Gasteiger partial charge on any atom is -0.629 e. The minimum atomic E-state index is 0.197. The Morgan fingerprint density at radius 1 is 0.714 bits per heavy atom. The number of fused-ring (bicyclic) bond motifs is 2. The fourth-order valence-corrected chi connectivity index (χ4v) is 5.90. The maximum Gasteiger partial charge on any atom is 0.132 e. The van der Waals surface area contributed by atoms with E-state index in [1.165, 1.54) is 25.7 Å². The van der Waals surface area contributed by atoms with Gasteiger partial charge in [-0.2, -0.15) is 0 Å². The molecule has 2 aromatic rings. The summed E-state index contributed by atoms with van der Waals surface area (Å²) in [5.74, 6) is 0. The quantitative estimate of drug-likeness (QED) is 0.586. The lowest BCUT2D eigenvalue weighted by atomic mass is 10.2. The van der Waals surface area contributed by atoms with Crippen LogP contribution in [-0.4, -0.2) is 12.1 Å². The SMILES string of the molecule is [O-][NH+](c1ccc2c(c1)Sc1cc([NH+]([O-])C3CCCC3)ccc1N2)C1CCCC1. The Morgan fingerprint density at radius 3 is 1.57 bits per heavy atom. The van der Waals surface area contributed by atoms with Gasteiger partial charge in [0.1, 0.15) is 11.4 Å². The van der Waals surface area contributed by atoms with E-state index < -0.39 is 0 Å². The zero-order chi connectivity index (χ0) is 19.1. The Bertz CT molecular complexity index is 793. The highest BCUT2D eigenvalue weighted by atomic mass is 32.2.